The molecule has 7 nitrogen and oxygen atoms in total. The van der Waals surface area contributed by atoms with Crippen molar-refractivity contribution >= 4 is 17.7 Å². The number of carbonyl (C=O) groups is 2. The van der Waals surface area contributed by atoms with Crippen LogP contribution in [0.15, 0.2) is 12.3 Å². The molecule has 128 valence electrons. The SMILES string of the molecule is CCOC(=O)c1cc(NC(=O)NCCN2CCCCC2C)c[nH]1. The molecule has 2 amide bonds. The summed E-state index contributed by atoms with van der Waals surface area (Å²) >= 11 is 0. The van der Waals surface area contributed by atoms with E-state index in [4.69, 9.17) is 4.74 Å². The number of H-pyrrole nitrogens is 1. The van der Waals surface area contributed by atoms with E-state index in [0.29, 0.717) is 30.6 Å². The number of piperidine rings is 1. The fourth-order valence-corrected chi connectivity index (χ4v) is 2.77. The molecular weight excluding hydrogens is 296 g/mol. The first kappa shape index (κ1) is 17.3. The molecule has 2 rings (SSSR count). The van der Waals surface area contributed by atoms with Crippen molar-refractivity contribution in [2.45, 2.75) is 39.2 Å². The number of amides is 2. The lowest BCUT2D eigenvalue weighted by molar-refractivity contribution is 0.0520. The zero-order chi connectivity index (χ0) is 16.7. The van der Waals surface area contributed by atoms with E-state index in [1.54, 1.807) is 19.2 Å². The van der Waals surface area contributed by atoms with Gasteiger partial charge in [0.1, 0.15) is 5.69 Å². The van der Waals surface area contributed by atoms with Crippen LogP contribution in [-0.2, 0) is 4.74 Å². The van der Waals surface area contributed by atoms with E-state index in [1.807, 2.05) is 0 Å². The molecule has 1 saturated heterocycles. The molecule has 1 atom stereocenters. The second kappa shape index (κ2) is 8.57. The summed E-state index contributed by atoms with van der Waals surface area (Å²) in [6.45, 7) is 6.86. The molecule has 3 N–H and O–H groups in total. The Morgan fingerprint density at radius 2 is 2.26 bits per heavy atom. The Morgan fingerprint density at radius 3 is 3.00 bits per heavy atom. The van der Waals surface area contributed by atoms with Crippen LogP contribution in [0.4, 0.5) is 10.5 Å². The molecule has 7 heteroatoms. The number of rotatable bonds is 6. The van der Waals surface area contributed by atoms with Gasteiger partial charge >= 0.3 is 12.0 Å². The number of hydrogen-bond donors (Lipinski definition) is 3. The summed E-state index contributed by atoms with van der Waals surface area (Å²) in [5.74, 6) is -0.431. The fourth-order valence-electron chi connectivity index (χ4n) is 2.77. The van der Waals surface area contributed by atoms with E-state index in [9.17, 15) is 9.59 Å². The predicted molar refractivity (Wildman–Crippen MR) is 88.7 cm³/mol. The van der Waals surface area contributed by atoms with Gasteiger partial charge in [-0.1, -0.05) is 6.42 Å². The highest BCUT2D eigenvalue weighted by Crippen LogP contribution is 2.15. The fraction of sp³-hybridized carbons (Fsp3) is 0.625. The summed E-state index contributed by atoms with van der Waals surface area (Å²) in [5.41, 5.74) is 0.862. The minimum atomic E-state index is -0.431. The number of anilines is 1. The highest BCUT2D eigenvalue weighted by Gasteiger charge is 2.17. The zero-order valence-electron chi connectivity index (χ0n) is 13.9. The third-order valence-electron chi connectivity index (χ3n) is 4.06. The topological polar surface area (TPSA) is 86.5 Å². The van der Waals surface area contributed by atoms with Crippen LogP contribution in [-0.4, -0.2) is 54.2 Å². The molecule has 0 aromatic carbocycles. The van der Waals surface area contributed by atoms with E-state index in [-0.39, 0.29) is 6.03 Å². The average molecular weight is 322 g/mol. The number of urea groups is 1. The Labute approximate surface area is 136 Å². The van der Waals surface area contributed by atoms with Gasteiger partial charge in [-0.05, 0) is 39.3 Å². The van der Waals surface area contributed by atoms with E-state index < -0.39 is 5.97 Å². The molecule has 0 aliphatic carbocycles. The maximum Gasteiger partial charge on any atom is 0.354 e. The second-order valence-electron chi connectivity index (χ2n) is 5.78. The summed E-state index contributed by atoms with van der Waals surface area (Å²) in [4.78, 5) is 28.6. The molecule has 23 heavy (non-hydrogen) atoms. The van der Waals surface area contributed by atoms with Gasteiger partial charge < -0.3 is 20.4 Å². The smallest absolute Gasteiger partial charge is 0.354 e. The van der Waals surface area contributed by atoms with Crippen LogP contribution in [0.2, 0.25) is 0 Å². The standard InChI is InChI=1S/C16H26N4O3/c1-3-23-15(21)14-10-13(11-18-14)19-16(22)17-7-9-20-8-5-4-6-12(20)2/h10-12,18H,3-9H2,1-2H3,(H2,17,19,22). The Balaban J connectivity index is 1.71. The van der Waals surface area contributed by atoms with E-state index in [0.717, 1.165) is 13.1 Å². The van der Waals surface area contributed by atoms with Crippen LogP contribution in [0, 0.1) is 0 Å². The minimum absolute atomic E-state index is 0.274. The third-order valence-corrected chi connectivity index (χ3v) is 4.06. The van der Waals surface area contributed by atoms with Crippen molar-refractivity contribution in [2.75, 3.05) is 31.6 Å². The Kier molecular flexibility index (Phi) is 6.46. The van der Waals surface area contributed by atoms with Crippen molar-refractivity contribution in [1.29, 1.82) is 0 Å². The first-order valence-electron chi connectivity index (χ1n) is 8.24. The molecule has 1 aliphatic heterocycles. The van der Waals surface area contributed by atoms with Gasteiger partial charge in [0, 0.05) is 25.3 Å². The molecule has 0 saturated carbocycles. The summed E-state index contributed by atoms with van der Waals surface area (Å²) < 4.78 is 4.88. The number of hydrogen-bond acceptors (Lipinski definition) is 4. The lowest BCUT2D eigenvalue weighted by atomic mass is 10.0. The van der Waals surface area contributed by atoms with Crippen LogP contribution in [0.25, 0.3) is 0 Å². The number of nitrogens with one attached hydrogen (secondary N) is 3. The van der Waals surface area contributed by atoms with Crippen LogP contribution >= 0.6 is 0 Å². The van der Waals surface area contributed by atoms with Crippen molar-refractivity contribution in [3.63, 3.8) is 0 Å². The number of aromatic amines is 1. The third kappa shape index (κ3) is 5.28. The van der Waals surface area contributed by atoms with Gasteiger partial charge in [0.2, 0.25) is 0 Å². The first-order chi connectivity index (χ1) is 11.1. The largest absolute Gasteiger partial charge is 0.461 e. The monoisotopic (exact) mass is 322 g/mol. The molecule has 0 spiro atoms. The number of esters is 1. The molecular formula is C16H26N4O3. The van der Waals surface area contributed by atoms with Gasteiger partial charge in [0.05, 0.1) is 12.3 Å². The quantitative estimate of drug-likeness (QED) is 0.701. The lowest BCUT2D eigenvalue weighted by Crippen LogP contribution is -2.43. The van der Waals surface area contributed by atoms with Gasteiger partial charge in [-0.3, -0.25) is 4.90 Å². The van der Waals surface area contributed by atoms with Gasteiger partial charge in [-0.25, -0.2) is 9.59 Å². The molecule has 2 heterocycles. The highest BCUT2D eigenvalue weighted by atomic mass is 16.5. The summed E-state index contributed by atoms with van der Waals surface area (Å²) in [6, 6.07) is 1.87. The summed E-state index contributed by atoms with van der Waals surface area (Å²) in [6.07, 6.45) is 5.32. The maximum absolute atomic E-state index is 11.9. The average Bonchev–Trinajstić information content (AvgIpc) is 2.98. The summed E-state index contributed by atoms with van der Waals surface area (Å²) in [5, 5.41) is 5.54. The van der Waals surface area contributed by atoms with Crippen LogP contribution < -0.4 is 10.6 Å². The highest BCUT2D eigenvalue weighted by molar-refractivity contribution is 5.93. The van der Waals surface area contributed by atoms with E-state index in [1.165, 1.54) is 19.3 Å². The van der Waals surface area contributed by atoms with Crippen LogP contribution in [0.1, 0.15) is 43.6 Å². The van der Waals surface area contributed by atoms with Gasteiger partial charge in [0.15, 0.2) is 0 Å². The molecule has 0 radical (unpaired) electrons. The number of nitrogens with zero attached hydrogens (tertiary/aromatic N) is 1. The summed E-state index contributed by atoms with van der Waals surface area (Å²) in [7, 11) is 0. The van der Waals surface area contributed by atoms with Gasteiger partial charge in [0.25, 0.3) is 0 Å². The molecule has 0 bridgehead atoms. The Bertz CT molecular complexity index is 529. The maximum atomic E-state index is 11.9. The van der Waals surface area contributed by atoms with Crippen molar-refractivity contribution in [3.05, 3.63) is 18.0 Å². The van der Waals surface area contributed by atoms with Crippen molar-refractivity contribution in [3.8, 4) is 0 Å². The number of carbonyl (C=O) groups excluding carboxylic acids is 2. The molecule has 1 fully saturated rings. The van der Waals surface area contributed by atoms with Crippen molar-refractivity contribution in [1.82, 2.24) is 15.2 Å². The van der Waals surface area contributed by atoms with Crippen molar-refractivity contribution < 1.29 is 14.3 Å². The number of ether oxygens (including phenoxy) is 1. The van der Waals surface area contributed by atoms with Crippen LogP contribution in [0.5, 0.6) is 0 Å². The second-order valence-corrected chi connectivity index (χ2v) is 5.78. The van der Waals surface area contributed by atoms with Crippen molar-refractivity contribution in [2.24, 2.45) is 0 Å². The first-order valence-corrected chi connectivity index (χ1v) is 8.24. The van der Waals surface area contributed by atoms with Gasteiger partial charge in [-0.2, -0.15) is 0 Å². The molecule has 1 aliphatic rings. The number of aromatic nitrogens is 1. The molecule has 1 aromatic rings. The minimum Gasteiger partial charge on any atom is -0.461 e. The Hall–Kier alpha value is -2.02. The molecule has 1 aromatic heterocycles. The Morgan fingerprint density at radius 1 is 1.43 bits per heavy atom. The lowest BCUT2D eigenvalue weighted by Gasteiger charge is -2.33. The van der Waals surface area contributed by atoms with Gasteiger partial charge in [-0.15, -0.1) is 0 Å². The normalized spacial score (nSPS) is 18.4. The van der Waals surface area contributed by atoms with Crippen LogP contribution in [0.3, 0.4) is 0 Å². The molecule has 1 unspecified atom stereocenters. The van der Waals surface area contributed by atoms with E-state index in [2.05, 4.69) is 27.4 Å². The predicted octanol–water partition coefficient (Wildman–Crippen LogP) is 2.19. The zero-order valence-corrected chi connectivity index (χ0v) is 13.9. The van der Waals surface area contributed by atoms with E-state index >= 15 is 0 Å². The number of likely N-dealkylation sites (tertiary alicyclic amines) is 1.